The maximum atomic E-state index is 12.1. The van der Waals surface area contributed by atoms with Crippen LogP contribution in [0.25, 0.3) is 0 Å². The van der Waals surface area contributed by atoms with Crippen LogP contribution in [0.2, 0.25) is 0 Å². The van der Waals surface area contributed by atoms with Gasteiger partial charge in [-0.3, -0.25) is 4.79 Å². The van der Waals surface area contributed by atoms with Gasteiger partial charge in [-0.25, -0.2) is 0 Å². The molecule has 0 bridgehead atoms. The fourth-order valence-corrected chi connectivity index (χ4v) is 1.72. The minimum atomic E-state index is -4.74. The molecule has 0 aliphatic carbocycles. The van der Waals surface area contributed by atoms with Crippen LogP contribution in [-0.4, -0.2) is 43.8 Å². The number of hydrogen-bond donors (Lipinski definition) is 0. The monoisotopic (exact) mass is 225 g/mol. The van der Waals surface area contributed by atoms with Gasteiger partial charge in [0.15, 0.2) is 0 Å². The molecule has 1 saturated heterocycles. The first kappa shape index (κ1) is 12.3. The van der Waals surface area contributed by atoms with Crippen molar-refractivity contribution >= 4 is 5.91 Å². The van der Waals surface area contributed by atoms with Gasteiger partial charge in [-0.05, 0) is 18.8 Å². The lowest BCUT2D eigenvalue weighted by Crippen LogP contribution is -2.45. The van der Waals surface area contributed by atoms with Gasteiger partial charge in [0.1, 0.15) is 0 Å². The van der Waals surface area contributed by atoms with Crippen LogP contribution in [-0.2, 0) is 9.53 Å². The van der Waals surface area contributed by atoms with E-state index in [4.69, 9.17) is 4.74 Å². The summed E-state index contributed by atoms with van der Waals surface area (Å²) in [6.45, 7) is 0.896. The molecule has 0 spiro atoms. The number of halogens is 3. The Morgan fingerprint density at radius 2 is 1.93 bits per heavy atom. The van der Waals surface area contributed by atoms with Gasteiger partial charge in [-0.15, -0.1) is 0 Å². The number of nitrogens with zero attached hydrogens (tertiary/aromatic N) is 1. The third-order valence-electron chi connectivity index (χ3n) is 2.55. The third-order valence-corrected chi connectivity index (χ3v) is 2.55. The van der Waals surface area contributed by atoms with E-state index in [1.165, 1.54) is 0 Å². The van der Waals surface area contributed by atoms with E-state index in [1.807, 2.05) is 0 Å². The van der Waals surface area contributed by atoms with Gasteiger partial charge < -0.3 is 9.64 Å². The Labute approximate surface area is 86.2 Å². The summed E-state index contributed by atoms with van der Waals surface area (Å²) in [7, 11) is 1.56. The maximum Gasteiger partial charge on any atom is 0.471 e. The lowest BCUT2D eigenvalue weighted by molar-refractivity contribution is -0.186. The summed E-state index contributed by atoms with van der Waals surface area (Å²) in [5.41, 5.74) is 0. The molecule has 0 saturated carbocycles. The van der Waals surface area contributed by atoms with Crippen molar-refractivity contribution in [2.45, 2.75) is 19.0 Å². The molecule has 0 aromatic rings. The highest BCUT2D eigenvalue weighted by Gasteiger charge is 2.43. The van der Waals surface area contributed by atoms with E-state index in [1.54, 1.807) is 7.11 Å². The number of likely N-dealkylation sites (tertiary alicyclic amines) is 1. The summed E-state index contributed by atoms with van der Waals surface area (Å²) in [4.78, 5) is 11.7. The first-order chi connectivity index (χ1) is 6.95. The van der Waals surface area contributed by atoms with Gasteiger partial charge in [0.25, 0.3) is 0 Å². The summed E-state index contributed by atoms with van der Waals surface area (Å²) in [6, 6.07) is 0. The molecule has 1 amide bonds. The predicted octanol–water partition coefficient (Wildman–Crippen LogP) is 1.43. The van der Waals surface area contributed by atoms with Gasteiger partial charge in [0.2, 0.25) is 0 Å². The third kappa shape index (κ3) is 3.37. The van der Waals surface area contributed by atoms with Crippen molar-refractivity contribution in [3.05, 3.63) is 0 Å². The second-order valence-electron chi connectivity index (χ2n) is 3.69. The number of piperidine rings is 1. The number of alkyl halides is 3. The molecule has 0 radical (unpaired) electrons. The van der Waals surface area contributed by atoms with Crippen LogP contribution in [0.15, 0.2) is 0 Å². The van der Waals surface area contributed by atoms with E-state index < -0.39 is 12.1 Å². The van der Waals surface area contributed by atoms with Crippen molar-refractivity contribution in [1.82, 2.24) is 4.90 Å². The topological polar surface area (TPSA) is 29.5 Å². The van der Waals surface area contributed by atoms with E-state index in [-0.39, 0.29) is 19.0 Å². The quantitative estimate of drug-likeness (QED) is 0.711. The minimum Gasteiger partial charge on any atom is -0.384 e. The standard InChI is InChI=1S/C9H14F3NO2/c1-15-6-7-2-4-13(5-3-7)8(14)9(10,11)12/h7H,2-6H2,1H3. The molecule has 0 unspecified atom stereocenters. The molecule has 88 valence electrons. The molecule has 0 aromatic heterocycles. The normalized spacial score (nSPS) is 19.3. The van der Waals surface area contributed by atoms with Gasteiger partial charge >= 0.3 is 12.1 Å². The Morgan fingerprint density at radius 1 is 1.40 bits per heavy atom. The van der Waals surface area contributed by atoms with Crippen molar-refractivity contribution in [2.24, 2.45) is 5.92 Å². The average Bonchev–Trinajstić information content (AvgIpc) is 2.17. The molecule has 6 heteroatoms. The molecule has 0 atom stereocenters. The number of rotatable bonds is 2. The fraction of sp³-hybridized carbons (Fsp3) is 0.889. The summed E-state index contributed by atoms with van der Waals surface area (Å²) < 4.78 is 41.1. The molecule has 1 fully saturated rings. The molecule has 0 aromatic carbocycles. The smallest absolute Gasteiger partial charge is 0.384 e. The van der Waals surface area contributed by atoms with Gasteiger partial charge in [-0.1, -0.05) is 0 Å². The Balaban J connectivity index is 2.41. The van der Waals surface area contributed by atoms with Crippen LogP contribution in [0.5, 0.6) is 0 Å². The van der Waals surface area contributed by atoms with Crippen molar-refractivity contribution in [3.63, 3.8) is 0 Å². The number of carbonyl (C=O) groups excluding carboxylic acids is 1. The molecule has 1 rings (SSSR count). The minimum absolute atomic E-state index is 0.173. The summed E-state index contributed by atoms with van der Waals surface area (Å²) >= 11 is 0. The first-order valence-electron chi connectivity index (χ1n) is 4.80. The number of amides is 1. The number of hydrogen-bond acceptors (Lipinski definition) is 2. The molecule has 1 heterocycles. The Hall–Kier alpha value is -0.780. The van der Waals surface area contributed by atoms with Crippen LogP contribution in [0, 0.1) is 5.92 Å². The second kappa shape index (κ2) is 4.83. The molecule has 0 N–H and O–H groups in total. The van der Waals surface area contributed by atoms with Crippen molar-refractivity contribution < 1.29 is 22.7 Å². The lowest BCUT2D eigenvalue weighted by atomic mass is 9.98. The van der Waals surface area contributed by atoms with E-state index in [0.29, 0.717) is 19.4 Å². The van der Waals surface area contributed by atoms with E-state index in [9.17, 15) is 18.0 Å². The second-order valence-corrected chi connectivity index (χ2v) is 3.69. The van der Waals surface area contributed by atoms with Crippen LogP contribution in [0.3, 0.4) is 0 Å². The van der Waals surface area contributed by atoms with E-state index in [2.05, 4.69) is 0 Å². The van der Waals surface area contributed by atoms with Gasteiger partial charge in [0, 0.05) is 26.8 Å². The average molecular weight is 225 g/mol. The van der Waals surface area contributed by atoms with Crippen molar-refractivity contribution in [3.8, 4) is 0 Å². The molecular formula is C9H14F3NO2. The number of ether oxygens (including phenoxy) is 1. The Bertz CT molecular complexity index is 222. The SMILES string of the molecule is COCC1CCN(C(=O)C(F)(F)F)CC1. The van der Waals surface area contributed by atoms with Crippen molar-refractivity contribution in [1.29, 1.82) is 0 Å². The van der Waals surface area contributed by atoms with Crippen LogP contribution >= 0.6 is 0 Å². The molecule has 1 aliphatic heterocycles. The number of carbonyl (C=O) groups is 1. The summed E-state index contributed by atoms with van der Waals surface area (Å²) in [5.74, 6) is -1.45. The molecule has 15 heavy (non-hydrogen) atoms. The van der Waals surface area contributed by atoms with Crippen molar-refractivity contribution in [2.75, 3.05) is 26.8 Å². The van der Waals surface area contributed by atoms with Crippen LogP contribution in [0.1, 0.15) is 12.8 Å². The Kier molecular flexibility index (Phi) is 3.96. The lowest BCUT2D eigenvalue weighted by Gasteiger charge is -2.31. The predicted molar refractivity (Wildman–Crippen MR) is 47.2 cm³/mol. The highest BCUT2D eigenvalue weighted by atomic mass is 19.4. The summed E-state index contributed by atoms with van der Waals surface area (Å²) in [6.07, 6.45) is -3.58. The fourth-order valence-electron chi connectivity index (χ4n) is 1.72. The largest absolute Gasteiger partial charge is 0.471 e. The first-order valence-corrected chi connectivity index (χ1v) is 4.80. The van der Waals surface area contributed by atoms with Crippen LogP contribution in [0.4, 0.5) is 13.2 Å². The van der Waals surface area contributed by atoms with Gasteiger partial charge in [0.05, 0.1) is 0 Å². The zero-order chi connectivity index (χ0) is 11.5. The van der Waals surface area contributed by atoms with Gasteiger partial charge in [-0.2, -0.15) is 13.2 Å². The van der Waals surface area contributed by atoms with Crippen LogP contribution < -0.4 is 0 Å². The highest BCUT2D eigenvalue weighted by Crippen LogP contribution is 2.23. The summed E-state index contributed by atoms with van der Waals surface area (Å²) in [5, 5.41) is 0. The van der Waals surface area contributed by atoms with E-state index in [0.717, 1.165) is 4.90 Å². The molecule has 3 nitrogen and oxygen atoms in total. The zero-order valence-corrected chi connectivity index (χ0v) is 8.51. The Morgan fingerprint density at radius 3 is 2.33 bits per heavy atom. The highest BCUT2D eigenvalue weighted by molar-refractivity contribution is 5.81. The van der Waals surface area contributed by atoms with E-state index >= 15 is 0 Å². The number of methoxy groups -OCH3 is 1. The maximum absolute atomic E-state index is 12.1. The molecular weight excluding hydrogens is 211 g/mol. The molecule has 1 aliphatic rings. The zero-order valence-electron chi connectivity index (χ0n) is 8.51.